The summed E-state index contributed by atoms with van der Waals surface area (Å²) in [5.74, 6) is 0.485. The number of nitrogens with one attached hydrogen (secondary N) is 2. The molecule has 0 spiro atoms. The lowest BCUT2D eigenvalue weighted by atomic mass is 9.91. The van der Waals surface area contributed by atoms with Gasteiger partial charge in [-0.15, -0.1) is 11.3 Å². The molecular weight excluding hydrogens is 386 g/mol. The van der Waals surface area contributed by atoms with Crippen molar-refractivity contribution in [1.82, 2.24) is 15.0 Å². The average molecular weight is 410 g/mol. The van der Waals surface area contributed by atoms with Crippen LogP contribution in [-0.4, -0.2) is 32.9 Å². The number of nitrogens with zero attached hydrogens (tertiary/aromatic N) is 3. The van der Waals surface area contributed by atoms with Gasteiger partial charge in [0.15, 0.2) is 0 Å². The summed E-state index contributed by atoms with van der Waals surface area (Å²) in [6, 6.07) is 5.61. The van der Waals surface area contributed by atoms with Crippen molar-refractivity contribution in [2.45, 2.75) is 37.8 Å². The lowest BCUT2D eigenvalue weighted by Gasteiger charge is -2.29. The highest BCUT2D eigenvalue weighted by Crippen LogP contribution is 2.27. The molecule has 1 aliphatic rings. The topological polar surface area (TPSA) is 132 Å². The van der Waals surface area contributed by atoms with E-state index in [9.17, 15) is 4.79 Å². The lowest BCUT2D eigenvalue weighted by Crippen LogP contribution is -2.42. The number of primary amides is 1. The fourth-order valence-electron chi connectivity index (χ4n) is 3.49. The molecule has 6 N–H and O–H groups in total. The van der Waals surface area contributed by atoms with Crippen molar-refractivity contribution in [2.75, 3.05) is 10.6 Å². The molecule has 8 nitrogen and oxygen atoms in total. The predicted octanol–water partition coefficient (Wildman–Crippen LogP) is 3.12. The van der Waals surface area contributed by atoms with Crippen LogP contribution in [-0.2, 0) is 0 Å². The van der Waals surface area contributed by atoms with Crippen molar-refractivity contribution in [3.8, 4) is 10.6 Å². The summed E-state index contributed by atoms with van der Waals surface area (Å²) in [6.45, 7) is 0. The van der Waals surface area contributed by atoms with Crippen molar-refractivity contribution in [3.63, 3.8) is 0 Å². The average Bonchev–Trinajstić information content (AvgIpc) is 3.25. The van der Waals surface area contributed by atoms with Gasteiger partial charge in [-0.2, -0.15) is 0 Å². The molecule has 1 fully saturated rings. The van der Waals surface area contributed by atoms with Crippen LogP contribution in [0.25, 0.3) is 10.6 Å². The van der Waals surface area contributed by atoms with Crippen molar-refractivity contribution < 1.29 is 4.79 Å². The second-order valence-corrected chi connectivity index (χ2v) is 7.98. The zero-order valence-corrected chi connectivity index (χ0v) is 16.7. The molecule has 0 saturated heterocycles. The number of rotatable bonds is 6. The summed E-state index contributed by atoms with van der Waals surface area (Å²) in [5.41, 5.74) is 13.7. The molecule has 0 radical (unpaired) electrons. The molecule has 1 amide bonds. The van der Waals surface area contributed by atoms with Crippen LogP contribution in [0.1, 0.15) is 36.0 Å². The highest BCUT2D eigenvalue weighted by molar-refractivity contribution is 7.13. The monoisotopic (exact) mass is 409 g/mol. The molecule has 4 rings (SSSR count). The predicted molar refractivity (Wildman–Crippen MR) is 115 cm³/mol. The van der Waals surface area contributed by atoms with Gasteiger partial charge in [0.05, 0.1) is 17.4 Å². The maximum atomic E-state index is 11.9. The van der Waals surface area contributed by atoms with E-state index < -0.39 is 5.91 Å². The molecule has 1 saturated carbocycles. The molecule has 150 valence electrons. The first kappa shape index (κ1) is 19.3. The van der Waals surface area contributed by atoms with Crippen LogP contribution in [0.4, 0.5) is 17.3 Å². The Morgan fingerprint density at radius 1 is 1.21 bits per heavy atom. The lowest BCUT2D eigenvalue weighted by molar-refractivity contribution is 0.100. The van der Waals surface area contributed by atoms with E-state index >= 15 is 0 Å². The van der Waals surface area contributed by atoms with Gasteiger partial charge in [0.25, 0.3) is 5.91 Å². The number of pyridine rings is 2. The molecular formula is C20H23N7OS. The zero-order chi connectivity index (χ0) is 20.2. The first-order valence-electron chi connectivity index (χ1n) is 9.55. The first-order chi connectivity index (χ1) is 14.1. The van der Waals surface area contributed by atoms with E-state index in [0.717, 1.165) is 36.3 Å². The minimum Gasteiger partial charge on any atom is -0.366 e. The highest BCUT2D eigenvalue weighted by atomic mass is 32.1. The molecule has 3 heterocycles. The van der Waals surface area contributed by atoms with Crippen molar-refractivity contribution in [1.29, 1.82) is 0 Å². The van der Waals surface area contributed by atoms with Crippen LogP contribution in [0.5, 0.6) is 0 Å². The van der Waals surface area contributed by atoms with Crippen LogP contribution >= 0.6 is 11.3 Å². The Hall–Kier alpha value is -3.04. The van der Waals surface area contributed by atoms with E-state index in [0.29, 0.717) is 22.9 Å². The fraction of sp³-hybridized carbons (Fsp3) is 0.300. The molecule has 1 aliphatic carbocycles. The minimum atomic E-state index is -0.551. The Morgan fingerprint density at radius 3 is 2.83 bits per heavy atom. The summed E-state index contributed by atoms with van der Waals surface area (Å²) >= 11 is 1.53. The highest BCUT2D eigenvalue weighted by Gasteiger charge is 2.22. The molecule has 2 atom stereocenters. The van der Waals surface area contributed by atoms with Crippen LogP contribution in [0, 0.1) is 0 Å². The summed E-state index contributed by atoms with van der Waals surface area (Å²) < 4.78 is 0. The van der Waals surface area contributed by atoms with Crippen molar-refractivity contribution in [3.05, 3.63) is 47.7 Å². The summed E-state index contributed by atoms with van der Waals surface area (Å²) in [4.78, 5) is 25.1. The molecule has 3 aromatic rings. The zero-order valence-electron chi connectivity index (χ0n) is 15.8. The second-order valence-electron chi connectivity index (χ2n) is 7.08. The number of amides is 1. The number of thiazole rings is 1. The number of hydrogen-bond donors (Lipinski definition) is 4. The number of nitrogens with two attached hydrogens (primary N) is 2. The van der Waals surface area contributed by atoms with Crippen LogP contribution in [0.3, 0.4) is 0 Å². The fourth-order valence-corrected chi connectivity index (χ4v) is 4.11. The third-order valence-corrected chi connectivity index (χ3v) is 5.82. The van der Waals surface area contributed by atoms with E-state index in [2.05, 4.69) is 25.6 Å². The largest absolute Gasteiger partial charge is 0.366 e. The Balaban J connectivity index is 1.60. The number of aromatic nitrogens is 3. The van der Waals surface area contributed by atoms with Crippen LogP contribution in [0.2, 0.25) is 0 Å². The number of hydrogen-bond acceptors (Lipinski definition) is 8. The van der Waals surface area contributed by atoms with Gasteiger partial charge < -0.3 is 22.1 Å². The number of carbonyl (C=O) groups is 1. The normalized spacial score (nSPS) is 18.9. The molecule has 3 aromatic heterocycles. The maximum Gasteiger partial charge on any atom is 0.252 e. The third-order valence-electron chi connectivity index (χ3n) is 4.99. The van der Waals surface area contributed by atoms with Gasteiger partial charge in [-0.05, 0) is 31.0 Å². The Bertz CT molecular complexity index is 992. The van der Waals surface area contributed by atoms with Crippen molar-refractivity contribution in [2.24, 2.45) is 11.5 Å². The Morgan fingerprint density at radius 2 is 2.07 bits per heavy atom. The molecule has 0 aliphatic heterocycles. The summed E-state index contributed by atoms with van der Waals surface area (Å²) in [7, 11) is 0. The number of anilines is 3. The van der Waals surface area contributed by atoms with Gasteiger partial charge >= 0.3 is 0 Å². The van der Waals surface area contributed by atoms with Gasteiger partial charge in [0.1, 0.15) is 16.6 Å². The van der Waals surface area contributed by atoms with E-state index in [1.54, 1.807) is 30.7 Å². The maximum absolute atomic E-state index is 11.9. The van der Waals surface area contributed by atoms with Gasteiger partial charge in [0.2, 0.25) is 0 Å². The van der Waals surface area contributed by atoms with Gasteiger partial charge in [0, 0.05) is 35.4 Å². The Labute approximate surface area is 172 Å². The summed E-state index contributed by atoms with van der Waals surface area (Å²) in [6.07, 6.45) is 9.46. The molecule has 0 bridgehead atoms. The smallest absolute Gasteiger partial charge is 0.252 e. The van der Waals surface area contributed by atoms with Crippen LogP contribution < -0.4 is 22.1 Å². The first-order valence-corrected chi connectivity index (χ1v) is 10.4. The summed E-state index contributed by atoms with van der Waals surface area (Å²) in [5, 5.41) is 9.36. The molecule has 9 heteroatoms. The molecule has 0 unspecified atom stereocenters. The third kappa shape index (κ3) is 4.52. The SMILES string of the molecule is NC(=O)c1ccc(N[C@@H]2CCCC[C@@H]2N)nc1Nc1cncc(-c2nccs2)c1. The van der Waals surface area contributed by atoms with E-state index in [1.807, 2.05) is 11.4 Å². The van der Waals surface area contributed by atoms with E-state index in [-0.39, 0.29) is 12.1 Å². The van der Waals surface area contributed by atoms with Crippen molar-refractivity contribution >= 4 is 34.6 Å². The molecule has 29 heavy (non-hydrogen) atoms. The van der Waals surface area contributed by atoms with Gasteiger partial charge in [-0.1, -0.05) is 12.8 Å². The minimum absolute atomic E-state index is 0.0944. The second kappa shape index (κ2) is 8.54. The van der Waals surface area contributed by atoms with Crippen LogP contribution in [0.15, 0.2) is 42.2 Å². The van der Waals surface area contributed by atoms with Gasteiger partial charge in [-0.3, -0.25) is 9.78 Å². The number of carbonyl (C=O) groups excluding carboxylic acids is 1. The van der Waals surface area contributed by atoms with Gasteiger partial charge in [-0.25, -0.2) is 9.97 Å². The van der Waals surface area contributed by atoms with E-state index in [1.165, 1.54) is 11.3 Å². The van der Waals surface area contributed by atoms with E-state index in [4.69, 9.17) is 11.5 Å². The molecule has 0 aromatic carbocycles. The quantitative estimate of drug-likeness (QED) is 0.492. The Kier molecular flexibility index (Phi) is 5.68. The standard InChI is InChI=1S/C20H23N7OS/c21-15-3-1-2-4-16(15)26-17-6-5-14(18(22)28)19(27-17)25-13-9-12(10-23-11-13)20-24-7-8-29-20/h5-11,15-16H,1-4,21H2,(H2,22,28)(H2,25,26,27)/t15-,16+/m0/s1.